The second-order valence-corrected chi connectivity index (χ2v) is 4.91. The Balaban J connectivity index is 2.75. The van der Waals surface area contributed by atoms with E-state index in [-0.39, 0.29) is 23.4 Å². The second-order valence-electron chi connectivity index (χ2n) is 4.91. The number of hydrogen-bond acceptors (Lipinski definition) is 2. The van der Waals surface area contributed by atoms with E-state index in [4.69, 9.17) is 0 Å². The smallest absolute Gasteiger partial charge is 0.133 e. The molecular formula is C12H20O2. The zero-order valence-electron chi connectivity index (χ0n) is 9.54. The Kier molecular flexibility index (Phi) is 3.46. The largest absolute Gasteiger partial charge is 0.300 e. The van der Waals surface area contributed by atoms with Crippen LogP contribution in [0.5, 0.6) is 0 Å². The molecule has 1 fully saturated rings. The summed E-state index contributed by atoms with van der Waals surface area (Å²) in [6.45, 7) is 7.57. The zero-order chi connectivity index (χ0) is 10.9. The maximum Gasteiger partial charge on any atom is 0.133 e. The first-order chi connectivity index (χ1) is 6.43. The van der Waals surface area contributed by atoms with E-state index in [1.54, 1.807) is 13.8 Å². The Morgan fingerprint density at radius 1 is 1.00 bits per heavy atom. The van der Waals surface area contributed by atoms with Crippen LogP contribution in [0, 0.1) is 23.7 Å². The van der Waals surface area contributed by atoms with Crippen LogP contribution in [0.15, 0.2) is 0 Å². The Morgan fingerprint density at radius 2 is 1.36 bits per heavy atom. The molecule has 0 bridgehead atoms. The lowest BCUT2D eigenvalue weighted by atomic mass is 9.90. The predicted molar refractivity (Wildman–Crippen MR) is 55.9 cm³/mol. The van der Waals surface area contributed by atoms with Gasteiger partial charge < -0.3 is 0 Å². The van der Waals surface area contributed by atoms with Crippen molar-refractivity contribution in [2.45, 2.75) is 40.5 Å². The van der Waals surface area contributed by atoms with Gasteiger partial charge in [-0.25, -0.2) is 0 Å². The molecule has 0 spiro atoms. The van der Waals surface area contributed by atoms with Gasteiger partial charge in [0.1, 0.15) is 11.6 Å². The molecule has 0 aromatic carbocycles. The van der Waals surface area contributed by atoms with Crippen LogP contribution < -0.4 is 0 Å². The predicted octanol–water partition coefficient (Wildman–Crippen LogP) is 2.46. The SMILES string of the molecule is CC(=O)C1CC(C(C)C)C[C@H]1C(C)=O. The van der Waals surface area contributed by atoms with Crippen molar-refractivity contribution in [3.05, 3.63) is 0 Å². The number of carbonyl (C=O) groups is 2. The number of ketones is 2. The van der Waals surface area contributed by atoms with Gasteiger partial charge in [0.2, 0.25) is 0 Å². The summed E-state index contributed by atoms with van der Waals surface area (Å²) in [5.74, 6) is 1.51. The monoisotopic (exact) mass is 196 g/mol. The summed E-state index contributed by atoms with van der Waals surface area (Å²) in [7, 11) is 0. The standard InChI is InChI=1S/C12H20O2/c1-7(2)10-5-11(8(3)13)12(6-10)9(4)14/h7,10-12H,5-6H2,1-4H3/t10?,11-,12?/m0/s1. The maximum atomic E-state index is 11.4. The van der Waals surface area contributed by atoms with Crippen LogP contribution in [0.4, 0.5) is 0 Å². The van der Waals surface area contributed by atoms with Gasteiger partial charge in [-0.3, -0.25) is 9.59 Å². The molecule has 0 aromatic rings. The number of Topliss-reactive ketones (excluding diaryl/α,β-unsaturated/α-hetero) is 2. The van der Waals surface area contributed by atoms with E-state index in [0.717, 1.165) is 12.8 Å². The average Bonchev–Trinajstić information content (AvgIpc) is 2.47. The topological polar surface area (TPSA) is 34.1 Å². The fourth-order valence-electron chi connectivity index (χ4n) is 2.52. The van der Waals surface area contributed by atoms with Gasteiger partial charge in [0.25, 0.3) is 0 Å². The minimum absolute atomic E-state index is 0.0000926. The van der Waals surface area contributed by atoms with E-state index in [0.29, 0.717) is 11.8 Å². The molecule has 0 N–H and O–H groups in total. The number of carbonyl (C=O) groups excluding carboxylic acids is 2. The summed E-state index contributed by atoms with van der Waals surface area (Å²) in [6, 6.07) is 0. The fraction of sp³-hybridized carbons (Fsp3) is 0.833. The molecule has 1 saturated carbocycles. The molecule has 0 saturated heterocycles. The summed E-state index contributed by atoms with van der Waals surface area (Å²) in [5, 5.41) is 0. The average molecular weight is 196 g/mol. The van der Waals surface area contributed by atoms with E-state index in [1.165, 1.54) is 0 Å². The van der Waals surface area contributed by atoms with E-state index in [2.05, 4.69) is 13.8 Å². The molecule has 80 valence electrons. The minimum atomic E-state index is -0.0000926. The third kappa shape index (κ3) is 2.23. The van der Waals surface area contributed by atoms with E-state index in [9.17, 15) is 9.59 Å². The molecule has 0 aliphatic heterocycles. The highest BCUT2D eigenvalue weighted by Gasteiger charge is 2.40. The van der Waals surface area contributed by atoms with E-state index in [1.807, 2.05) is 0 Å². The molecule has 14 heavy (non-hydrogen) atoms. The Labute approximate surface area is 86.1 Å². The van der Waals surface area contributed by atoms with Crippen molar-refractivity contribution in [1.29, 1.82) is 0 Å². The lowest BCUT2D eigenvalue weighted by Gasteiger charge is -2.12. The Morgan fingerprint density at radius 3 is 1.57 bits per heavy atom. The quantitative estimate of drug-likeness (QED) is 0.695. The molecule has 3 atom stereocenters. The summed E-state index contributed by atoms with van der Waals surface area (Å²) < 4.78 is 0. The molecule has 0 radical (unpaired) electrons. The molecule has 1 aliphatic rings. The van der Waals surface area contributed by atoms with Crippen molar-refractivity contribution < 1.29 is 9.59 Å². The molecule has 2 unspecified atom stereocenters. The van der Waals surface area contributed by atoms with Crippen molar-refractivity contribution in [2.75, 3.05) is 0 Å². The third-order valence-electron chi connectivity index (χ3n) is 3.59. The molecule has 2 heteroatoms. The molecule has 1 aliphatic carbocycles. The van der Waals surface area contributed by atoms with Crippen molar-refractivity contribution in [1.82, 2.24) is 0 Å². The number of rotatable bonds is 3. The van der Waals surface area contributed by atoms with Gasteiger partial charge in [0, 0.05) is 11.8 Å². The van der Waals surface area contributed by atoms with Crippen molar-refractivity contribution >= 4 is 11.6 Å². The van der Waals surface area contributed by atoms with Crippen LogP contribution in [0.3, 0.4) is 0 Å². The molecule has 0 heterocycles. The highest BCUT2D eigenvalue weighted by Crippen LogP contribution is 2.41. The number of hydrogen-bond donors (Lipinski definition) is 0. The van der Waals surface area contributed by atoms with Gasteiger partial charge in [-0.2, -0.15) is 0 Å². The summed E-state index contributed by atoms with van der Waals surface area (Å²) in [5.41, 5.74) is 0. The van der Waals surface area contributed by atoms with Crippen molar-refractivity contribution in [3.8, 4) is 0 Å². The van der Waals surface area contributed by atoms with Crippen molar-refractivity contribution in [3.63, 3.8) is 0 Å². The van der Waals surface area contributed by atoms with Gasteiger partial charge in [-0.05, 0) is 38.5 Å². The van der Waals surface area contributed by atoms with Gasteiger partial charge in [0.05, 0.1) is 0 Å². The first-order valence-electron chi connectivity index (χ1n) is 5.44. The normalized spacial score (nSPS) is 32.2. The van der Waals surface area contributed by atoms with Gasteiger partial charge >= 0.3 is 0 Å². The zero-order valence-corrected chi connectivity index (χ0v) is 9.54. The fourth-order valence-corrected chi connectivity index (χ4v) is 2.52. The van der Waals surface area contributed by atoms with Crippen LogP contribution >= 0.6 is 0 Å². The van der Waals surface area contributed by atoms with Gasteiger partial charge in [-0.1, -0.05) is 13.8 Å². The van der Waals surface area contributed by atoms with E-state index < -0.39 is 0 Å². The van der Waals surface area contributed by atoms with Crippen LogP contribution in [0.2, 0.25) is 0 Å². The van der Waals surface area contributed by atoms with Crippen LogP contribution in [0.25, 0.3) is 0 Å². The van der Waals surface area contributed by atoms with Crippen LogP contribution in [0.1, 0.15) is 40.5 Å². The summed E-state index contributed by atoms with van der Waals surface area (Å²) in [4.78, 5) is 22.8. The van der Waals surface area contributed by atoms with Crippen LogP contribution in [-0.2, 0) is 9.59 Å². The molecule has 1 rings (SSSR count). The minimum Gasteiger partial charge on any atom is -0.300 e. The lowest BCUT2D eigenvalue weighted by Crippen LogP contribution is -2.21. The van der Waals surface area contributed by atoms with Crippen molar-refractivity contribution in [2.24, 2.45) is 23.7 Å². The third-order valence-corrected chi connectivity index (χ3v) is 3.59. The maximum absolute atomic E-state index is 11.4. The Hall–Kier alpha value is -0.660. The molecule has 0 amide bonds. The molecular weight excluding hydrogens is 176 g/mol. The highest BCUT2D eigenvalue weighted by atomic mass is 16.1. The van der Waals surface area contributed by atoms with E-state index >= 15 is 0 Å². The first-order valence-corrected chi connectivity index (χ1v) is 5.44. The van der Waals surface area contributed by atoms with Gasteiger partial charge in [0.15, 0.2) is 0 Å². The van der Waals surface area contributed by atoms with Gasteiger partial charge in [-0.15, -0.1) is 0 Å². The van der Waals surface area contributed by atoms with Crippen LogP contribution in [-0.4, -0.2) is 11.6 Å². The summed E-state index contributed by atoms with van der Waals surface area (Å²) in [6.07, 6.45) is 1.83. The lowest BCUT2D eigenvalue weighted by molar-refractivity contribution is -0.128. The first kappa shape index (κ1) is 11.4. The Bertz CT molecular complexity index is 221. The summed E-state index contributed by atoms with van der Waals surface area (Å²) >= 11 is 0. The molecule has 2 nitrogen and oxygen atoms in total. The highest BCUT2D eigenvalue weighted by molar-refractivity contribution is 5.88. The molecule has 0 aromatic heterocycles. The second kappa shape index (κ2) is 4.24.